The molecule has 5 heteroatoms. The Balaban J connectivity index is 0.000000272. The van der Waals surface area contributed by atoms with E-state index in [0.29, 0.717) is 0 Å². The Hall–Kier alpha value is -0.186. The van der Waals surface area contributed by atoms with Crippen molar-refractivity contribution in [2.45, 2.75) is 104 Å². The summed E-state index contributed by atoms with van der Waals surface area (Å²) in [7, 11) is 9.82. The summed E-state index contributed by atoms with van der Waals surface area (Å²) in [6, 6.07) is 27.3. The van der Waals surface area contributed by atoms with Gasteiger partial charge in [0.1, 0.15) is 0 Å². The van der Waals surface area contributed by atoms with E-state index >= 15 is 0 Å². The number of halogens is 2. The van der Waals surface area contributed by atoms with Gasteiger partial charge in [0.2, 0.25) is 0 Å². The fourth-order valence-electron chi connectivity index (χ4n) is 5.62. The van der Waals surface area contributed by atoms with Crippen LogP contribution >= 0.6 is 34.5 Å². The van der Waals surface area contributed by atoms with Gasteiger partial charge in [-0.05, 0) is 36.5 Å². The van der Waals surface area contributed by atoms with Crippen LogP contribution in [0, 0.1) is 0 Å². The van der Waals surface area contributed by atoms with E-state index in [2.05, 4.69) is 114 Å². The van der Waals surface area contributed by atoms with Crippen LogP contribution in [0.15, 0.2) is 72.8 Å². The van der Waals surface area contributed by atoms with Crippen LogP contribution in [0.25, 0.3) is 21.5 Å². The predicted molar refractivity (Wildman–Crippen MR) is 192 cm³/mol. The molecule has 0 aliphatic carbocycles. The third kappa shape index (κ3) is 13.1. The van der Waals surface area contributed by atoms with Crippen molar-refractivity contribution in [3.05, 3.63) is 72.8 Å². The average Bonchev–Trinajstić information content (AvgIpc) is 3.57. The molecule has 0 aliphatic rings. The van der Waals surface area contributed by atoms with Crippen molar-refractivity contribution in [3.8, 4) is 0 Å². The van der Waals surface area contributed by atoms with Crippen molar-refractivity contribution in [1.29, 1.82) is 0 Å². The number of fused-ring (bicyclic) bond motifs is 2. The molecule has 226 valence electrons. The molecule has 0 nitrogen and oxygen atoms in total. The van der Waals surface area contributed by atoms with E-state index in [4.69, 9.17) is 18.6 Å². The van der Waals surface area contributed by atoms with E-state index < -0.39 is 17.0 Å². The molecule has 0 heterocycles. The van der Waals surface area contributed by atoms with Gasteiger partial charge in [-0.15, -0.1) is 80.7 Å². The van der Waals surface area contributed by atoms with Crippen LogP contribution in [-0.2, 0) is 17.0 Å². The van der Waals surface area contributed by atoms with Crippen molar-refractivity contribution >= 4 is 66.6 Å². The second-order valence-corrected chi connectivity index (χ2v) is 19.9. The summed E-state index contributed by atoms with van der Waals surface area (Å²) in [5.41, 5.74) is 1.54. The van der Waals surface area contributed by atoms with Gasteiger partial charge < -0.3 is 0 Å². The Kier molecular flexibility index (Phi) is 19.4. The molecule has 4 aromatic rings. The molecule has 0 atom stereocenters. The summed E-state index contributed by atoms with van der Waals surface area (Å²) in [5.74, 6) is 0. The van der Waals surface area contributed by atoms with Gasteiger partial charge in [0.25, 0.3) is 0 Å². The number of benzene rings is 2. The summed E-state index contributed by atoms with van der Waals surface area (Å²) < 4.78 is 0. The number of hydrogen-bond acceptors (Lipinski definition) is 0. The van der Waals surface area contributed by atoms with Crippen molar-refractivity contribution in [2.75, 3.05) is 12.3 Å². The predicted octanol–water partition coefficient (Wildman–Crippen LogP) is 12.7. The normalized spacial score (nSPS) is 11.3. The molecule has 0 N–H and O–H groups in total. The molecule has 41 heavy (non-hydrogen) atoms. The minimum absolute atomic E-state index is 0.0206. The van der Waals surface area contributed by atoms with Crippen LogP contribution in [0.1, 0.15) is 92.9 Å². The maximum absolute atomic E-state index is 4.89. The van der Waals surface area contributed by atoms with Gasteiger partial charge in [-0.2, -0.15) is 12.1 Å². The third-order valence-corrected chi connectivity index (χ3v) is 13.3. The summed E-state index contributed by atoms with van der Waals surface area (Å²) in [4.78, 5) is 0. The van der Waals surface area contributed by atoms with Gasteiger partial charge in [-0.3, -0.25) is 0 Å². The van der Waals surface area contributed by atoms with Gasteiger partial charge in [0.15, 0.2) is 0 Å². The van der Waals surface area contributed by atoms with Crippen molar-refractivity contribution < 1.29 is 17.0 Å². The first-order chi connectivity index (χ1) is 19.9. The molecular weight excluding hydrogens is 613 g/mol. The van der Waals surface area contributed by atoms with Gasteiger partial charge in [-0.1, -0.05) is 108 Å². The van der Waals surface area contributed by atoms with Crippen molar-refractivity contribution in [1.82, 2.24) is 0 Å². The minimum atomic E-state index is -0.556. The maximum atomic E-state index is 4.89. The molecule has 0 unspecified atom stereocenters. The van der Waals surface area contributed by atoms with Gasteiger partial charge >= 0.3 is 35.6 Å². The summed E-state index contributed by atoms with van der Waals surface area (Å²) in [6.07, 6.45) is 14.1. The fraction of sp³-hybridized carbons (Fsp3) is 0.500. The summed E-state index contributed by atoms with van der Waals surface area (Å²) >= 11 is -0.556. The second kappa shape index (κ2) is 21.5. The van der Waals surface area contributed by atoms with Crippen LogP contribution in [-0.4, -0.2) is 23.6 Å². The first kappa shape index (κ1) is 37.0. The molecule has 0 amide bonds. The Morgan fingerprint density at radius 3 is 1.46 bits per heavy atom. The molecule has 4 rings (SSSR count). The van der Waals surface area contributed by atoms with Crippen molar-refractivity contribution in [2.24, 2.45) is 0 Å². The molecule has 0 bridgehead atoms. The molecule has 0 aromatic heterocycles. The Morgan fingerprint density at radius 2 is 1.05 bits per heavy atom. The van der Waals surface area contributed by atoms with Gasteiger partial charge in [0.05, 0.1) is 0 Å². The number of unbranched alkanes of at least 4 members (excludes halogenated alkanes) is 6. The third-order valence-electron chi connectivity index (χ3n) is 7.54. The molecular formula is C36H52Cl2P2Ti-2. The SMILES string of the molecule is CC(C)P(c1cc2ccccc2[cH-]1)C(C)C.CCCCCCP(CCCCCC)c1cc2ccccc2[cH-]1.[Cl][Ti][Cl]. The van der Waals surface area contributed by atoms with Crippen LogP contribution < -0.4 is 10.6 Å². The van der Waals surface area contributed by atoms with E-state index in [0.717, 1.165) is 11.3 Å². The van der Waals surface area contributed by atoms with Crippen LogP contribution in [0.5, 0.6) is 0 Å². The van der Waals surface area contributed by atoms with E-state index in [1.165, 1.54) is 85.2 Å². The second-order valence-electron chi connectivity index (χ2n) is 11.5. The zero-order valence-electron chi connectivity index (χ0n) is 26.3. The number of rotatable bonds is 14. The molecule has 0 aliphatic heterocycles. The molecule has 0 spiro atoms. The zero-order chi connectivity index (χ0) is 30.0. The Labute approximate surface area is 271 Å². The van der Waals surface area contributed by atoms with Crippen LogP contribution in [0.3, 0.4) is 0 Å². The Bertz CT molecular complexity index is 1130. The van der Waals surface area contributed by atoms with E-state index in [1.807, 2.05) is 0 Å². The van der Waals surface area contributed by atoms with E-state index in [9.17, 15) is 0 Å². The molecule has 0 fully saturated rings. The molecule has 0 saturated heterocycles. The summed E-state index contributed by atoms with van der Waals surface area (Å²) in [6.45, 7) is 14.0. The first-order valence-electron chi connectivity index (χ1n) is 15.7. The Morgan fingerprint density at radius 1 is 0.634 bits per heavy atom. The quantitative estimate of drug-likeness (QED) is 0.0544. The van der Waals surface area contributed by atoms with Crippen molar-refractivity contribution in [3.63, 3.8) is 0 Å². The monoisotopic (exact) mass is 664 g/mol. The van der Waals surface area contributed by atoms with E-state index in [-0.39, 0.29) is 15.8 Å². The van der Waals surface area contributed by atoms with Gasteiger partial charge in [-0.25, -0.2) is 0 Å². The summed E-state index contributed by atoms with van der Waals surface area (Å²) in [5, 5.41) is 8.89. The van der Waals surface area contributed by atoms with Crippen LogP contribution in [0.4, 0.5) is 0 Å². The molecule has 4 aromatic carbocycles. The first-order valence-corrected chi connectivity index (χ1v) is 23.2. The van der Waals surface area contributed by atoms with Crippen LogP contribution in [0.2, 0.25) is 0 Å². The standard InChI is InChI=1S/C21H32P.C15H20P.2ClH.Ti/c1-3-5-7-11-15-22(16-12-8-6-4-2)21-17-19-13-9-10-14-20(19)18-21;1-11(2)16(12(3)4)15-9-13-7-5-6-8-14(13)10-15;;;/h9-10,13-14,17-18H,3-8,11-12,15-16H2,1-2H3;5-12H,1-4H3;2*1H;/q2*-1;;;+2/p-2. The molecule has 0 saturated carbocycles. The topological polar surface area (TPSA) is 0 Å². The molecule has 0 radical (unpaired) electrons. The van der Waals surface area contributed by atoms with Gasteiger partial charge in [0, 0.05) is 0 Å². The van der Waals surface area contributed by atoms with E-state index in [1.54, 1.807) is 10.6 Å². The fourth-order valence-corrected chi connectivity index (χ4v) is 11.2. The zero-order valence-corrected chi connectivity index (χ0v) is 31.2. The number of hydrogen-bond donors (Lipinski definition) is 0. The average molecular weight is 666 g/mol.